The first-order valence-corrected chi connectivity index (χ1v) is 17.6. The largest absolute Gasteiger partial charge is 0.388 e. The van der Waals surface area contributed by atoms with Crippen molar-refractivity contribution in [3.05, 3.63) is 57.6 Å². The van der Waals surface area contributed by atoms with Gasteiger partial charge in [-0.25, -0.2) is 0 Å². The molecule has 5 rings (SSSR count). The molecule has 0 amide bonds. The van der Waals surface area contributed by atoms with Crippen molar-refractivity contribution in [1.82, 2.24) is 9.80 Å². The summed E-state index contributed by atoms with van der Waals surface area (Å²) in [7, 11) is 5.45. The summed E-state index contributed by atoms with van der Waals surface area (Å²) in [6.45, 7) is 27.5. The van der Waals surface area contributed by atoms with E-state index in [4.69, 9.17) is 4.99 Å². The van der Waals surface area contributed by atoms with Gasteiger partial charge in [0.15, 0.2) is 5.78 Å². The minimum Gasteiger partial charge on any atom is -0.388 e. The number of carbonyl (C=O) groups is 2. The number of benzene rings is 1. The molecule has 6 heteroatoms. The van der Waals surface area contributed by atoms with E-state index in [2.05, 4.69) is 81.3 Å². The van der Waals surface area contributed by atoms with Crippen molar-refractivity contribution in [2.45, 2.75) is 101 Å². The van der Waals surface area contributed by atoms with Gasteiger partial charge in [-0.1, -0.05) is 82.0 Å². The van der Waals surface area contributed by atoms with Crippen LogP contribution in [0.25, 0.3) is 5.57 Å². The number of carbonyl (C=O) groups excluding carboxylic acids is 2. The van der Waals surface area contributed by atoms with Gasteiger partial charge < -0.3 is 19.3 Å². The molecule has 0 aromatic heterocycles. The van der Waals surface area contributed by atoms with Crippen LogP contribution in [-0.2, 0) is 9.53 Å². The number of fused-ring (bicyclic) bond motifs is 1. The fourth-order valence-electron chi connectivity index (χ4n) is 5.35. The molecule has 4 aliphatic rings. The standard InChI is InChI=1S/C17H21NO.C9H20N2.C7H10.C3H6O.C2H6O.C2H6.H2/c1-11-9-12(2)14-7-4-8-15(16(14)18-10-11)17(19)13-5-3-6-13;1-9(2)8-11-6-4-10(3)5-7-11;1-6-4-3-5-7(6)2;1-3(2)4;1-3-2;1-2;/h4,7-8,11,13H,3,5-6,9-10H2,1-2H3;9H,4-8H2,1-3H3;3-4H,5H2,1-2H3;1-2H3;1-2H3;1-2H3;1H. The van der Waals surface area contributed by atoms with E-state index in [-0.39, 0.29) is 13.1 Å². The number of methoxy groups -OCH3 is 1. The van der Waals surface area contributed by atoms with Gasteiger partial charge >= 0.3 is 0 Å². The van der Waals surface area contributed by atoms with Crippen LogP contribution in [0.4, 0.5) is 0 Å². The van der Waals surface area contributed by atoms with Crippen molar-refractivity contribution in [2.75, 3.05) is 60.5 Å². The molecule has 1 unspecified atom stereocenters. The predicted octanol–water partition coefficient (Wildman–Crippen LogP) is 7.80. The van der Waals surface area contributed by atoms with E-state index in [1.54, 1.807) is 14.2 Å². The summed E-state index contributed by atoms with van der Waals surface area (Å²) in [4.78, 5) is 31.7. The Bertz CT molecular complexity index is 1210. The molecule has 1 saturated heterocycles. The first-order chi connectivity index (χ1) is 21.8. The predicted molar refractivity (Wildman–Crippen MR) is 200 cm³/mol. The van der Waals surface area contributed by atoms with Crippen molar-refractivity contribution in [3.8, 4) is 0 Å². The number of ketones is 2. The van der Waals surface area contributed by atoms with Crippen LogP contribution in [0.15, 0.2) is 46.5 Å². The van der Waals surface area contributed by atoms with Crippen LogP contribution in [0.5, 0.6) is 0 Å². The summed E-state index contributed by atoms with van der Waals surface area (Å²) in [5.41, 5.74) is 5.18. The monoisotopic (exact) mass is 642 g/mol. The van der Waals surface area contributed by atoms with Crippen molar-refractivity contribution in [1.29, 1.82) is 0 Å². The van der Waals surface area contributed by atoms with E-state index < -0.39 is 0 Å². The highest BCUT2D eigenvalue weighted by atomic mass is 16.4. The lowest BCUT2D eigenvalue weighted by Gasteiger charge is -2.33. The number of likely N-dealkylation sites (N-methyl/N-ethyl adjacent to an activating group) is 1. The number of piperazine rings is 1. The Morgan fingerprint density at radius 2 is 1.57 bits per heavy atom. The number of para-hydroxylation sites is 1. The fourth-order valence-corrected chi connectivity index (χ4v) is 5.35. The Morgan fingerprint density at radius 3 is 1.98 bits per heavy atom. The molecule has 1 aromatic rings. The normalized spacial score (nSPS) is 19.0. The van der Waals surface area contributed by atoms with E-state index >= 15 is 0 Å². The first-order valence-electron chi connectivity index (χ1n) is 17.6. The Labute approximate surface area is 284 Å². The summed E-state index contributed by atoms with van der Waals surface area (Å²) >= 11 is 0. The third-order valence-electron chi connectivity index (χ3n) is 8.14. The van der Waals surface area contributed by atoms with Gasteiger partial charge in [0.05, 0.1) is 5.36 Å². The second-order valence-electron chi connectivity index (χ2n) is 13.5. The van der Waals surface area contributed by atoms with E-state index in [9.17, 15) is 9.59 Å². The minimum atomic E-state index is 0. The van der Waals surface area contributed by atoms with Crippen LogP contribution in [0.3, 0.4) is 0 Å². The van der Waals surface area contributed by atoms with Crippen molar-refractivity contribution < 1.29 is 15.8 Å². The zero-order valence-electron chi connectivity index (χ0n) is 32.0. The number of allylic oxidation sites excluding steroid dienone is 4. The highest BCUT2D eigenvalue weighted by Crippen LogP contribution is 2.29. The highest BCUT2D eigenvalue weighted by molar-refractivity contribution is 5.98. The van der Waals surface area contributed by atoms with Gasteiger partial charge in [0.1, 0.15) is 5.78 Å². The Kier molecular flexibility index (Phi) is 23.4. The molecule has 6 nitrogen and oxygen atoms in total. The molecule has 1 aromatic carbocycles. The lowest BCUT2D eigenvalue weighted by molar-refractivity contribution is -0.115. The molecule has 46 heavy (non-hydrogen) atoms. The lowest BCUT2D eigenvalue weighted by Crippen LogP contribution is -2.45. The molecule has 1 atom stereocenters. The third-order valence-corrected chi connectivity index (χ3v) is 8.14. The zero-order valence-corrected chi connectivity index (χ0v) is 32.0. The van der Waals surface area contributed by atoms with Crippen LogP contribution >= 0.6 is 0 Å². The van der Waals surface area contributed by atoms with E-state index in [0.717, 1.165) is 42.6 Å². The van der Waals surface area contributed by atoms with Gasteiger partial charge in [-0.3, -0.25) is 9.79 Å². The summed E-state index contributed by atoms with van der Waals surface area (Å²) in [5, 5.41) is 2.15. The Morgan fingerprint density at radius 1 is 1.00 bits per heavy atom. The number of hydrogen-bond acceptors (Lipinski definition) is 6. The van der Waals surface area contributed by atoms with Crippen molar-refractivity contribution in [3.63, 3.8) is 0 Å². The number of nitrogens with zero attached hydrogens (tertiary/aromatic N) is 3. The van der Waals surface area contributed by atoms with Crippen molar-refractivity contribution >= 4 is 17.1 Å². The highest BCUT2D eigenvalue weighted by Gasteiger charge is 2.27. The molecule has 0 spiro atoms. The van der Waals surface area contributed by atoms with Crippen LogP contribution in [0.1, 0.15) is 113 Å². The molecular formula is C40H71N3O3. The minimum absolute atomic E-state index is 0. The number of hydrogen-bond donors (Lipinski definition) is 0. The van der Waals surface area contributed by atoms with Gasteiger partial charge in [-0.05, 0) is 90.5 Å². The number of ether oxygens (including phenoxy) is 1. The number of Topliss-reactive ketones (excluding diaryl/α,β-unsaturated/α-hetero) is 2. The summed E-state index contributed by atoms with van der Waals surface area (Å²) in [6, 6.07) is 6.09. The van der Waals surface area contributed by atoms with Gasteiger partial charge in [-0.15, -0.1) is 0 Å². The third kappa shape index (κ3) is 17.5. The smallest absolute Gasteiger partial charge is 0.168 e. The van der Waals surface area contributed by atoms with Crippen LogP contribution in [0.2, 0.25) is 0 Å². The van der Waals surface area contributed by atoms with Gasteiger partial charge in [0, 0.05) is 66.4 Å². The molecular weight excluding hydrogens is 570 g/mol. The average molecular weight is 642 g/mol. The molecule has 1 saturated carbocycles. The summed E-state index contributed by atoms with van der Waals surface area (Å²) in [5.74, 6) is 2.12. The molecule has 2 aliphatic carbocycles. The topological polar surface area (TPSA) is 62.2 Å². The fraction of sp³-hybridized carbons (Fsp3) is 0.675. The van der Waals surface area contributed by atoms with Gasteiger partial charge in [0.2, 0.25) is 0 Å². The maximum absolute atomic E-state index is 12.5. The maximum atomic E-state index is 12.5. The first kappa shape index (κ1) is 43.6. The Balaban J connectivity index is 0. The average Bonchev–Trinajstić information content (AvgIpc) is 3.27. The van der Waals surface area contributed by atoms with Crippen LogP contribution in [0, 0.1) is 17.8 Å². The molecule has 2 heterocycles. The molecule has 0 radical (unpaired) electrons. The quantitative estimate of drug-likeness (QED) is 0.314. The maximum Gasteiger partial charge on any atom is 0.168 e. The van der Waals surface area contributed by atoms with E-state index in [1.165, 1.54) is 81.4 Å². The lowest BCUT2D eigenvalue weighted by atomic mass is 9.79. The molecule has 0 bridgehead atoms. The second-order valence-corrected chi connectivity index (χ2v) is 13.5. The number of rotatable bonds is 4. The van der Waals surface area contributed by atoms with Crippen molar-refractivity contribution in [2.24, 2.45) is 22.7 Å². The molecule has 264 valence electrons. The summed E-state index contributed by atoms with van der Waals surface area (Å²) in [6.07, 6.45) is 9.94. The van der Waals surface area contributed by atoms with Crippen LogP contribution < -0.4 is 10.6 Å². The van der Waals surface area contributed by atoms with Gasteiger partial charge in [-0.2, -0.15) is 0 Å². The van der Waals surface area contributed by atoms with Gasteiger partial charge in [0.25, 0.3) is 0 Å². The molecule has 0 N–H and O–H groups in total. The molecule has 2 aliphatic heterocycles. The SMILES string of the molecule is CC.CC(C)=O.CC(C)CN1CCN(C)CC1.CC1=C(C)CC=C1.CC1=c2cccc(C(=O)C3CCC3)c2=NCC(C)C1.COC.[HH]. The molecule has 2 fully saturated rings. The van der Waals surface area contributed by atoms with E-state index in [1.807, 2.05) is 26.0 Å². The second kappa shape index (κ2) is 24.7. The van der Waals surface area contributed by atoms with Crippen LogP contribution in [-0.4, -0.2) is 81.9 Å². The summed E-state index contributed by atoms with van der Waals surface area (Å²) < 4.78 is 4.25. The van der Waals surface area contributed by atoms with E-state index in [0.29, 0.717) is 11.7 Å². The zero-order chi connectivity index (χ0) is 35.2. The Hall–Kier alpha value is -2.41.